The van der Waals surface area contributed by atoms with E-state index in [4.69, 9.17) is 0 Å². The van der Waals surface area contributed by atoms with Crippen LogP contribution in [0.1, 0.15) is 46.6 Å². The fourth-order valence-electron chi connectivity index (χ4n) is 6.16. The monoisotopic (exact) mass is 379 g/mol. The summed E-state index contributed by atoms with van der Waals surface area (Å²) in [6, 6.07) is 24.4. The van der Waals surface area contributed by atoms with E-state index >= 15 is 0 Å². The molecule has 0 radical (unpaired) electrons. The quantitative estimate of drug-likeness (QED) is 0.571. The Morgan fingerprint density at radius 3 is 1.86 bits per heavy atom. The topological polar surface area (TPSA) is 37.4 Å². The number of imide groups is 1. The third kappa shape index (κ3) is 1.84. The van der Waals surface area contributed by atoms with E-state index in [0.717, 1.165) is 5.56 Å². The van der Waals surface area contributed by atoms with Crippen LogP contribution in [0.25, 0.3) is 0 Å². The van der Waals surface area contributed by atoms with Gasteiger partial charge >= 0.3 is 0 Å². The van der Waals surface area contributed by atoms with Crippen LogP contribution >= 0.6 is 0 Å². The molecule has 0 unspecified atom stereocenters. The van der Waals surface area contributed by atoms with Gasteiger partial charge < -0.3 is 0 Å². The number of benzene rings is 3. The van der Waals surface area contributed by atoms with Crippen molar-refractivity contribution in [3.63, 3.8) is 0 Å². The fourth-order valence-corrected chi connectivity index (χ4v) is 6.16. The smallest absolute Gasteiger partial charge is 0.241 e. The zero-order valence-electron chi connectivity index (χ0n) is 16.4. The highest BCUT2D eigenvalue weighted by atomic mass is 16.2. The van der Waals surface area contributed by atoms with Gasteiger partial charge in [0.15, 0.2) is 0 Å². The maximum absolute atomic E-state index is 13.9. The molecule has 0 saturated carbocycles. The summed E-state index contributed by atoms with van der Waals surface area (Å²) in [4.78, 5) is 29.2. The predicted molar refractivity (Wildman–Crippen MR) is 112 cm³/mol. The zero-order chi connectivity index (χ0) is 19.9. The molecular weight excluding hydrogens is 358 g/mol. The van der Waals surface area contributed by atoms with E-state index in [0.29, 0.717) is 5.69 Å². The van der Waals surface area contributed by atoms with Crippen LogP contribution in [-0.4, -0.2) is 11.8 Å². The van der Waals surface area contributed by atoms with Crippen molar-refractivity contribution in [2.75, 3.05) is 4.90 Å². The van der Waals surface area contributed by atoms with Gasteiger partial charge in [0.25, 0.3) is 0 Å². The highest BCUT2D eigenvalue weighted by molar-refractivity contribution is 6.25. The van der Waals surface area contributed by atoms with Gasteiger partial charge in [0.1, 0.15) is 0 Å². The van der Waals surface area contributed by atoms with Crippen molar-refractivity contribution in [3.05, 3.63) is 101 Å². The Kier molecular flexibility index (Phi) is 3.14. The Hall–Kier alpha value is -3.20. The molecule has 0 N–H and O–H groups in total. The molecule has 29 heavy (non-hydrogen) atoms. The molecule has 2 amide bonds. The van der Waals surface area contributed by atoms with Gasteiger partial charge in [-0.05, 0) is 47.7 Å². The summed E-state index contributed by atoms with van der Waals surface area (Å²) in [5.41, 5.74) is 5.68. The van der Waals surface area contributed by atoms with Crippen LogP contribution in [0.3, 0.4) is 0 Å². The SMILES string of the molecule is Cc1ccccc1N1C(=O)[C@H]2C3c4ccccc4C(c4ccccc43)[C@@]2(C)C1=O. The van der Waals surface area contributed by atoms with E-state index < -0.39 is 5.41 Å². The van der Waals surface area contributed by atoms with Gasteiger partial charge in [0, 0.05) is 11.8 Å². The van der Waals surface area contributed by atoms with Crippen molar-refractivity contribution < 1.29 is 9.59 Å². The number of hydrogen-bond acceptors (Lipinski definition) is 2. The lowest BCUT2D eigenvalue weighted by atomic mass is 9.48. The maximum Gasteiger partial charge on any atom is 0.241 e. The Balaban J connectivity index is 1.64. The van der Waals surface area contributed by atoms with Crippen molar-refractivity contribution in [2.24, 2.45) is 11.3 Å². The first-order valence-corrected chi connectivity index (χ1v) is 10.2. The van der Waals surface area contributed by atoms with E-state index in [1.54, 1.807) is 0 Å². The first kappa shape index (κ1) is 16.7. The van der Waals surface area contributed by atoms with E-state index in [9.17, 15) is 9.59 Å². The Labute approximate surface area is 170 Å². The molecule has 3 nitrogen and oxygen atoms in total. The second-order valence-corrected chi connectivity index (χ2v) is 8.69. The molecule has 1 fully saturated rings. The summed E-state index contributed by atoms with van der Waals surface area (Å²) in [6.45, 7) is 3.97. The van der Waals surface area contributed by atoms with Crippen molar-refractivity contribution in [1.29, 1.82) is 0 Å². The molecule has 1 aliphatic heterocycles. The zero-order valence-corrected chi connectivity index (χ0v) is 16.4. The first-order valence-electron chi connectivity index (χ1n) is 10.2. The highest BCUT2D eigenvalue weighted by Gasteiger charge is 2.68. The number of para-hydroxylation sites is 1. The van der Waals surface area contributed by atoms with Crippen LogP contribution < -0.4 is 4.90 Å². The minimum atomic E-state index is -0.771. The van der Waals surface area contributed by atoms with Crippen LogP contribution in [0.5, 0.6) is 0 Å². The number of rotatable bonds is 1. The maximum atomic E-state index is 13.9. The summed E-state index contributed by atoms with van der Waals surface area (Å²) < 4.78 is 0. The van der Waals surface area contributed by atoms with Crippen LogP contribution in [0.4, 0.5) is 5.69 Å². The van der Waals surface area contributed by atoms with E-state index in [1.807, 2.05) is 62.4 Å². The van der Waals surface area contributed by atoms with Gasteiger partial charge in [-0.2, -0.15) is 0 Å². The second kappa shape index (κ2) is 5.44. The summed E-state index contributed by atoms with van der Waals surface area (Å²) in [6.07, 6.45) is 0. The predicted octanol–water partition coefficient (Wildman–Crippen LogP) is 4.78. The van der Waals surface area contributed by atoms with Gasteiger partial charge in [-0.15, -0.1) is 0 Å². The third-order valence-corrected chi connectivity index (χ3v) is 7.37. The van der Waals surface area contributed by atoms with Crippen molar-refractivity contribution in [1.82, 2.24) is 0 Å². The van der Waals surface area contributed by atoms with Gasteiger partial charge in [-0.25, -0.2) is 4.90 Å². The summed E-state index contributed by atoms with van der Waals surface area (Å²) in [5, 5.41) is 0. The number of carbonyl (C=O) groups is 2. The average molecular weight is 379 g/mol. The van der Waals surface area contributed by atoms with Gasteiger partial charge in [0.05, 0.1) is 17.0 Å². The molecule has 3 heteroatoms. The first-order chi connectivity index (χ1) is 14.0. The van der Waals surface area contributed by atoms with Crippen LogP contribution in [0.2, 0.25) is 0 Å². The fraction of sp³-hybridized carbons (Fsp3) is 0.231. The second-order valence-electron chi connectivity index (χ2n) is 8.69. The number of carbonyl (C=O) groups excluding carboxylic acids is 2. The van der Waals surface area contributed by atoms with Crippen LogP contribution in [-0.2, 0) is 9.59 Å². The minimum absolute atomic E-state index is 0.0641. The summed E-state index contributed by atoms with van der Waals surface area (Å²) in [5.74, 6) is -0.686. The largest absolute Gasteiger partial charge is 0.274 e. The summed E-state index contributed by atoms with van der Waals surface area (Å²) >= 11 is 0. The molecule has 4 aliphatic rings. The number of anilines is 1. The van der Waals surface area contributed by atoms with E-state index in [1.165, 1.54) is 27.2 Å². The Bertz CT molecular complexity index is 1170. The molecule has 7 rings (SSSR count). The molecule has 3 aromatic rings. The molecule has 2 bridgehead atoms. The van der Waals surface area contributed by atoms with Crippen LogP contribution in [0, 0.1) is 18.3 Å². The minimum Gasteiger partial charge on any atom is -0.274 e. The molecule has 0 spiro atoms. The van der Waals surface area contributed by atoms with Gasteiger partial charge in [0.2, 0.25) is 11.8 Å². The third-order valence-electron chi connectivity index (χ3n) is 7.37. The number of amides is 2. The number of aryl methyl sites for hydroxylation is 1. The van der Waals surface area contributed by atoms with Gasteiger partial charge in [-0.3, -0.25) is 9.59 Å². The van der Waals surface area contributed by atoms with E-state index in [-0.39, 0.29) is 29.6 Å². The molecule has 0 aromatic heterocycles. The Morgan fingerprint density at radius 2 is 1.28 bits per heavy atom. The molecule has 1 heterocycles. The number of hydrogen-bond donors (Lipinski definition) is 0. The van der Waals surface area contributed by atoms with E-state index in [2.05, 4.69) is 24.3 Å². The molecule has 2 atom stereocenters. The van der Waals surface area contributed by atoms with Crippen molar-refractivity contribution >= 4 is 17.5 Å². The Morgan fingerprint density at radius 1 is 0.759 bits per heavy atom. The lowest BCUT2D eigenvalue weighted by Gasteiger charge is -2.51. The van der Waals surface area contributed by atoms with Gasteiger partial charge in [-0.1, -0.05) is 66.7 Å². The molecule has 1 saturated heterocycles. The standard InChI is InChI=1S/C26H21NO2/c1-15-9-3-8-14-20(15)27-24(28)23-21-16-10-4-6-12-18(16)22(26(23,2)25(27)29)19-13-7-5-11-17(19)21/h3-14,21-23H,1-2H3/t21?,22?,23-,26-/m1/s1. The van der Waals surface area contributed by atoms with Crippen molar-refractivity contribution in [3.8, 4) is 0 Å². The molecule has 142 valence electrons. The van der Waals surface area contributed by atoms with Crippen molar-refractivity contribution in [2.45, 2.75) is 25.7 Å². The molecule has 3 aromatic carbocycles. The highest BCUT2D eigenvalue weighted by Crippen LogP contribution is 2.67. The molecular formula is C26H21NO2. The lowest BCUT2D eigenvalue weighted by Crippen LogP contribution is -2.49. The molecule has 3 aliphatic carbocycles. The normalized spacial score (nSPS) is 28.9. The average Bonchev–Trinajstić information content (AvgIpc) is 2.95. The lowest BCUT2D eigenvalue weighted by molar-refractivity contribution is -0.128. The van der Waals surface area contributed by atoms with Crippen LogP contribution in [0.15, 0.2) is 72.8 Å². The number of nitrogens with zero attached hydrogens (tertiary/aromatic N) is 1. The summed E-state index contributed by atoms with van der Waals surface area (Å²) in [7, 11) is 0.